The number of imide groups is 1. The number of fused-ring (bicyclic) bond motifs is 1. The monoisotopic (exact) mass is 448 g/mol. The standard InChI is InChI=1S/C25H28N4O4/c1-15-10-16(2)12-18(11-15)27-23(30)7-6-22-24(31)29(25(32)28-22)9-8-17-14-26-21-5-4-19(33-3)13-20(17)21/h4-5,10-14,22,26H,6-9H2,1-3H3,(H,27,30)(H,28,32)/t22-/m0/s1. The first-order valence-corrected chi connectivity index (χ1v) is 11.0. The summed E-state index contributed by atoms with van der Waals surface area (Å²) in [4.78, 5) is 42.0. The Bertz CT molecular complexity index is 1200. The van der Waals surface area contributed by atoms with Gasteiger partial charge in [0, 0.05) is 35.8 Å². The Hall–Kier alpha value is -3.81. The maximum Gasteiger partial charge on any atom is 0.324 e. The molecule has 3 N–H and O–H groups in total. The minimum absolute atomic E-state index is 0.139. The Morgan fingerprint density at radius 2 is 1.88 bits per heavy atom. The number of urea groups is 1. The summed E-state index contributed by atoms with van der Waals surface area (Å²) in [6.07, 6.45) is 2.80. The molecule has 1 saturated heterocycles. The molecule has 1 aliphatic heterocycles. The van der Waals surface area contributed by atoms with E-state index in [1.807, 2.05) is 56.4 Å². The molecular formula is C25H28N4O4. The van der Waals surface area contributed by atoms with Gasteiger partial charge in [-0.2, -0.15) is 0 Å². The van der Waals surface area contributed by atoms with Crippen LogP contribution in [0, 0.1) is 13.8 Å². The van der Waals surface area contributed by atoms with Crippen LogP contribution in [0.4, 0.5) is 10.5 Å². The smallest absolute Gasteiger partial charge is 0.324 e. The molecule has 1 aliphatic rings. The fourth-order valence-electron chi connectivity index (χ4n) is 4.25. The van der Waals surface area contributed by atoms with Gasteiger partial charge in [-0.3, -0.25) is 14.5 Å². The van der Waals surface area contributed by atoms with Crippen LogP contribution in [0.1, 0.15) is 29.5 Å². The van der Waals surface area contributed by atoms with E-state index in [0.717, 1.165) is 39.0 Å². The van der Waals surface area contributed by atoms with E-state index in [2.05, 4.69) is 15.6 Å². The summed E-state index contributed by atoms with van der Waals surface area (Å²) < 4.78 is 5.29. The summed E-state index contributed by atoms with van der Waals surface area (Å²) in [5.74, 6) is 0.266. The first-order chi connectivity index (χ1) is 15.8. The third-order valence-corrected chi connectivity index (χ3v) is 5.85. The number of methoxy groups -OCH3 is 1. The number of carbonyl (C=O) groups excluding carboxylic acids is 3. The molecule has 0 unspecified atom stereocenters. The van der Waals surface area contributed by atoms with Crippen LogP contribution in [0.3, 0.4) is 0 Å². The first-order valence-electron chi connectivity index (χ1n) is 11.0. The van der Waals surface area contributed by atoms with E-state index in [1.54, 1.807) is 7.11 Å². The van der Waals surface area contributed by atoms with Gasteiger partial charge in [-0.25, -0.2) is 4.79 Å². The number of aromatic nitrogens is 1. The summed E-state index contributed by atoms with van der Waals surface area (Å²) in [6.45, 7) is 4.20. The molecule has 33 heavy (non-hydrogen) atoms. The van der Waals surface area contributed by atoms with Gasteiger partial charge < -0.3 is 20.4 Å². The van der Waals surface area contributed by atoms with E-state index < -0.39 is 12.1 Å². The molecular weight excluding hydrogens is 420 g/mol. The Labute approximate surface area is 192 Å². The van der Waals surface area contributed by atoms with E-state index >= 15 is 0 Å². The Morgan fingerprint density at radius 1 is 1.12 bits per heavy atom. The molecule has 0 spiro atoms. The molecule has 0 saturated carbocycles. The largest absolute Gasteiger partial charge is 0.497 e. The number of aryl methyl sites for hydroxylation is 2. The zero-order chi connectivity index (χ0) is 23.5. The zero-order valence-corrected chi connectivity index (χ0v) is 19.0. The van der Waals surface area contributed by atoms with Crippen molar-refractivity contribution >= 4 is 34.4 Å². The van der Waals surface area contributed by atoms with Gasteiger partial charge in [0.15, 0.2) is 0 Å². The van der Waals surface area contributed by atoms with E-state index in [9.17, 15) is 14.4 Å². The number of ether oxygens (including phenoxy) is 1. The van der Waals surface area contributed by atoms with E-state index in [0.29, 0.717) is 6.42 Å². The lowest BCUT2D eigenvalue weighted by molar-refractivity contribution is -0.127. The molecule has 4 amide bonds. The second-order valence-electron chi connectivity index (χ2n) is 8.43. The molecule has 2 aromatic carbocycles. The number of hydrogen-bond acceptors (Lipinski definition) is 4. The Morgan fingerprint density at radius 3 is 2.61 bits per heavy atom. The van der Waals surface area contributed by atoms with Crippen LogP contribution in [-0.4, -0.2) is 47.4 Å². The number of rotatable bonds is 8. The van der Waals surface area contributed by atoms with Crippen molar-refractivity contribution in [3.05, 3.63) is 59.3 Å². The summed E-state index contributed by atoms with van der Waals surface area (Å²) in [5, 5.41) is 6.57. The van der Waals surface area contributed by atoms with Gasteiger partial charge in [0.25, 0.3) is 5.91 Å². The minimum Gasteiger partial charge on any atom is -0.497 e. The lowest BCUT2D eigenvalue weighted by Gasteiger charge is -2.13. The van der Waals surface area contributed by atoms with E-state index in [4.69, 9.17) is 4.74 Å². The van der Waals surface area contributed by atoms with Crippen molar-refractivity contribution in [3.8, 4) is 5.75 Å². The van der Waals surface area contributed by atoms with Crippen molar-refractivity contribution < 1.29 is 19.1 Å². The number of aromatic amines is 1. The Balaban J connectivity index is 1.32. The average molecular weight is 449 g/mol. The molecule has 8 nitrogen and oxygen atoms in total. The quantitative estimate of drug-likeness (QED) is 0.458. The van der Waals surface area contributed by atoms with Crippen LogP contribution in [0.15, 0.2) is 42.6 Å². The topological polar surface area (TPSA) is 104 Å². The fourth-order valence-corrected chi connectivity index (χ4v) is 4.25. The fraction of sp³-hybridized carbons (Fsp3) is 0.320. The predicted molar refractivity (Wildman–Crippen MR) is 126 cm³/mol. The number of hydrogen-bond donors (Lipinski definition) is 3. The number of amides is 4. The van der Waals surface area contributed by atoms with Crippen molar-refractivity contribution in [2.45, 2.75) is 39.2 Å². The van der Waals surface area contributed by atoms with Crippen LogP contribution in [0.25, 0.3) is 10.9 Å². The number of nitrogens with zero attached hydrogens (tertiary/aromatic N) is 1. The van der Waals surface area contributed by atoms with Gasteiger partial charge in [-0.1, -0.05) is 6.07 Å². The molecule has 0 aliphatic carbocycles. The van der Waals surface area contributed by atoms with Crippen LogP contribution in [0.5, 0.6) is 5.75 Å². The molecule has 0 bridgehead atoms. The van der Waals surface area contributed by atoms with Gasteiger partial charge >= 0.3 is 6.03 Å². The normalized spacial score (nSPS) is 15.7. The van der Waals surface area contributed by atoms with Crippen molar-refractivity contribution in [2.75, 3.05) is 19.0 Å². The summed E-state index contributed by atoms with van der Waals surface area (Å²) in [7, 11) is 1.61. The maximum absolute atomic E-state index is 12.8. The van der Waals surface area contributed by atoms with Crippen LogP contribution in [-0.2, 0) is 16.0 Å². The molecule has 2 heterocycles. The van der Waals surface area contributed by atoms with Crippen molar-refractivity contribution in [3.63, 3.8) is 0 Å². The molecule has 4 rings (SSSR count). The highest BCUT2D eigenvalue weighted by Gasteiger charge is 2.37. The third-order valence-electron chi connectivity index (χ3n) is 5.85. The average Bonchev–Trinajstić information content (AvgIpc) is 3.29. The number of anilines is 1. The number of benzene rings is 2. The molecule has 0 radical (unpaired) electrons. The van der Waals surface area contributed by atoms with Crippen LogP contribution < -0.4 is 15.4 Å². The van der Waals surface area contributed by atoms with Gasteiger partial charge in [-0.05, 0) is 73.7 Å². The third kappa shape index (κ3) is 5.00. The highest BCUT2D eigenvalue weighted by molar-refractivity contribution is 6.04. The summed E-state index contributed by atoms with van der Waals surface area (Å²) >= 11 is 0. The predicted octanol–water partition coefficient (Wildman–Crippen LogP) is 3.68. The minimum atomic E-state index is -0.689. The lowest BCUT2D eigenvalue weighted by Crippen LogP contribution is -2.33. The van der Waals surface area contributed by atoms with Gasteiger partial charge in [0.2, 0.25) is 5.91 Å². The van der Waals surface area contributed by atoms with Crippen LogP contribution >= 0.6 is 0 Å². The highest BCUT2D eigenvalue weighted by Crippen LogP contribution is 2.24. The van der Waals surface area contributed by atoms with E-state index in [-0.39, 0.29) is 31.2 Å². The highest BCUT2D eigenvalue weighted by atomic mass is 16.5. The van der Waals surface area contributed by atoms with Gasteiger partial charge in [-0.15, -0.1) is 0 Å². The second-order valence-corrected chi connectivity index (χ2v) is 8.43. The maximum atomic E-state index is 12.8. The Kier molecular flexibility index (Phi) is 6.35. The molecule has 1 fully saturated rings. The number of H-pyrrole nitrogens is 1. The lowest BCUT2D eigenvalue weighted by atomic mass is 10.1. The van der Waals surface area contributed by atoms with Crippen molar-refractivity contribution in [2.24, 2.45) is 0 Å². The van der Waals surface area contributed by atoms with Crippen molar-refractivity contribution in [1.82, 2.24) is 15.2 Å². The summed E-state index contributed by atoms with van der Waals surface area (Å²) in [6, 6.07) is 10.5. The SMILES string of the molecule is COc1ccc2[nH]cc(CCN3C(=O)N[C@@H](CCC(=O)Nc4cc(C)cc(C)c4)C3=O)c2c1. The first kappa shape index (κ1) is 22.4. The van der Waals surface area contributed by atoms with Crippen LogP contribution in [0.2, 0.25) is 0 Å². The second kappa shape index (κ2) is 9.36. The molecule has 1 atom stereocenters. The number of nitrogens with one attached hydrogen (secondary N) is 3. The van der Waals surface area contributed by atoms with Gasteiger partial charge in [0.05, 0.1) is 7.11 Å². The van der Waals surface area contributed by atoms with Gasteiger partial charge in [0.1, 0.15) is 11.8 Å². The van der Waals surface area contributed by atoms with E-state index in [1.165, 1.54) is 4.90 Å². The van der Waals surface area contributed by atoms with Crippen molar-refractivity contribution in [1.29, 1.82) is 0 Å². The summed E-state index contributed by atoms with van der Waals surface area (Å²) in [5.41, 5.74) is 4.83. The molecule has 1 aromatic heterocycles. The molecule has 8 heteroatoms. The molecule has 172 valence electrons. The number of carbonyl (C=O) groups is 3. The zero-order valence-electron chi connectivity index (χ0n) is 19.0. The molecule has 3 aromatic rings.